The monoisotopic (exact) mass is 262 g/mol. The van der Waals surface area contributed by atoms with Crippen LogP contribution in [0.15, 0.2) is 6.20 Å². The van der Waals surface area contributed by atoms with E-state index >= 15 is 0 Å². The molecule has 1 rings (SSSR count). The smallest absolute Gasteiger partial charge is 0.162 e. The Morgan fingerprint density at radius 3 is 2.71 bits per heavy atom. The lowest BCUT2D eigenvalue weighted by atomic mass is 10.2. The molecule has 98 valence electrons. The fourth-order valence-corrected chi connectivity index (χ4v) is 2.36. The maximum atomic E-state index is 11.2. The summed E-state index contributed by atoms with van der Waals surface area (Å²) in [5, 5.41) is 14.0. The molecule has 0 spiro atoms. The van der Waals surface area contributed by atoms with Gasteiger partial charge in [0.2, 0.25) is 0 Å². The predicted molar refractivity (Wildman–Crippen MR) is 63.7 cm³/mol. The number of aliphatic hydroxyl groups is 1. The van der Waals surface area contributed by atoms with Crippen LogP contribution >= 0.6 is 0 Å². The molecule has 7 heteroatoms. The van der Waals surface area contributed by atoms with Crippen LogP contribution in [-0.4, -0.2) is 42.4 Å². The molecule has 0 amide bonds. The van der Waals surface area contributed by atoms with Crippen molar-refractivity contribution in [3.63, 3.8) is 0 Å². The van der Waals surface area contributed by atoms with E-state index in [0.29, 0.717) is 18.0 Å². The highest BCUT2D eigenvalue weighted by molar-refractivity contribution is 7.90. The molecule has 0 saturated heterocycles. The van der Waals surface area contributed by atoms with E-state index in [1.54, 1.807) is 4.68 Å². The van der Waals surface area contributed by atoms with Crippen LogP contribution < -0.4 is 4.74 Å². The van der Waals surface area contributed by atoms with Crippen molar-refractivity contribution in [2.45, 2.75) is 26.0 Å². The molecule has 1 aromatic rings. The third kappa shape index (κ3) is 3.71. The Balaban J connectivity index is 3.04. The first-order chi connectivity index (χ1) is 7.89. The van der Waals surface area contributed by atoms with Gasteiger partial charge in [-0.2, -0.15) is 5.10 Å². The number of hydrogen-bond acceptors (Lipinski definition) is 5. The van der Waals surface area contributed by atoms with Gasteiger partial charge in [0.15, 0.2) is 5.75 Å². The summed E-state index contributed by atoms with van der Waals surface area (Å²) in [5.41, 5.74) is 0.416. The Bertz CT molecular complexity index is 467. The van der Waals surface area contributed by atoms with E-state index in [-0.39, 0.29) is 5.75 Å². The topological polar surface area (TPSA) is 81.4 Å². The van der Waals surface area contributed by atoms with Crippen molar-refractivity contribution in [2.75, 3.05) is 19.1 Å². The summed E-state index contributed by atoms with van der Waals surface area (Å²) >= 11 is 0. The Kier molecular flexibility index (Phi) is 4.53. The molecule has 0 bridgehead atoms. The van der Waals surface area contributed by atoms with Crippen LogP contribution in [-0.2, 0) is 16.4 Å². The maximum absolute atomic E-state index is 11.2. The molecular weight excluding hydrogens is 244 g/mol. The van der Waals surface area contributed by atoms with Gasteiger partial charge in [-0.05, 0) is 6.42 Å². The second-order valence-corrected chi connectivity index (χ2v) is 6.11. The molecule has 1 heterocycles. The number of aryl methyl sites for hydroxylation is 1. The molecule has 1 aromatic heterocycles. The number of hydrogen-bond donors (Lipinski definition) is 1. The quantitative estimate of drug-likeness (QED) is 0.801. The summed E-state index contributed by atoms with van der Waals surface area (Å²) in [5.74, 6) is 0.0771. The van der Waals surface area contributed by atoms with E-state index in [0.717, 1.165) is 12.7 Å². The van der Waals surface area contributed by atoms with Crippen molar-refractivity contribution < 1.29 is 18.3 Å². The third-order valence-electron chi connectivity index (χ3n) is 2.28. The lowest BCUT2D eigenvalue weighted by Crippen LogP contribution is -2.17. The summed E-state index contributed by atoms with van der Waals surface area (Å²) in [6.45, 7) is 2.58. The Labute approximate surface area is 101 Å². The summed E-state index contributed by atoms with van der Waals surface area (Å²) in [6.07, 6.45) is 2.29. The zero-order valence-corrected chi connectivity index (χ0v) is 11.1. The highest BCUT2D eigenvalue weighted by atomic mass is 32.2. The molecule has 1 atom stereocenters. The molecule has 0 aliphatic rings. The molecule has 1 unspecified atom stereocenters. The maximum Gasteiger partial charge on any atom is 0.162 e. The number of aliphatic hydroxyl groups excluding tert-OH is 1. The van der Waals surface area contributed by atoms with Gasteiger partial charge < -0.3 is 9.84 Å². The normalized spacial score (nSPS) is 13.6. The SMILES string of the molecule is CCCn1ncc(OC)c1C(O)CS(C)(=O)=O. The number of nitrogens with zero attached hydrogens (tertiary/aromatic N) is 2. The lowest BCUT2D eigenvalue weighted by Gasteiger charge is -2.13. The Morgan fingerprint density at radius 1 is 1.59 bits per heavy atom. The second-order valence-electron chi connectivity index (χ2n) is 3.93. The first kappa shape index (κ1) is 14.0. The van der Waals surface area contributed by atoms with Crippen LogP contribution in [0.4, 0.5) is 0 Å². The average Bonchev–Trinajstić information content (AvgIpc) is 2.58. The van der Waals surface area contributed by atoms with Crippen molar-refractivity contribution in [2.24, 2.45) is 0 Å². The molecule has 0 aliphatic heterocycles. The van der Waals surface area contributed by atoms with Gasteiger partial charge in [0.25, 0.3) is 0 Å². The van der Waals surface area contributed by atoms with Crippen LogP contribution in [0.25, 0.3) is 0 Å². The third-order valence-corrected chi connectivity index (χ3v) is 3.20. The van der Waals surface area contributed by atoms with Crippen LogP contribution in [0.2, 0.25) is 0 Å². The number of aromatic nitrogens is 2. The van der Waals surface area contributed by atoms with Gasteiger partial charge in [0.05, 0.1) is 19.1 Å². The van der Waals surface area contributed by atoms with E-state index < -0.39 is 15.9 Å². The molecule has 0 aromatic carbocycles. The van der Waals surface area contributed by atoms with Crippen LogP contribution in [0.3, 0.4) is 0 Å². The minimum absolute atomic E-state index is 0.335. The molecular formula is C10H18N2O4S. The first-order valence-corrected chi connectivity index (χ1v) is 7.40. The molecule has 0 aliphatic carbocycles. The first-order valence-electron chi connectivity index (χ1n) is 5.34. The van der Waals surface area contributed by atoms with Crippen molar-refractivity contribution >= 4 is 9.84 Å². The molecule has 0 radical (unpaired) electrons. The van der Waals surface area contributed by atoms with E-state index in [1.807, 2.05) is 6.92 Å². The highest BCUT2D eigenvalue weighted by Gasteiger charge is 2.23. The Hall–Kier alpha value is -1.08. The average molecular weight is 262 g/mol. The van der Waals surface area contributed by atoms with E-state index in [1.165, 1.54) is 13.3 Å². The number of rotatable bonds is 6. The van der Waals surface area contributed by atoms with Crippen molar-refractivity contribution in [3.05, 3.63) is 11.9 Å². The van der Waals surface area contributed by atoms with Crippen molar-refractivity contribution in [1.82, 2.24) is 9.78 Å². The molecule has 0 fully saturated rings. The predicted octanol–water partition coefficient (Wildman–Crippen LogP) is 0.380. The standard InChI is InChI=1S/C10H18N2O4S/c1-4-5-12-10(9(16-2)6-11-12)8(13)7-17(3,14)15/h6,8,13H,4-5,7H2,1-3H3. The molecule has 0 saturated carbocycles. The minimum atomic E-state index is -3.25. The van der Waals surface area contributed by atoms with Crippen molar-refractivity contribution in [3.8, 4) is 5.75 Å². The van der Waals surface area contributed by atoms with Crippen LogP contribution in [0.1, 0.15) is 25.1 Å². The fraction of sp³-hybridized carbons (Fsp3) is 0.700. The number of ether oxygens (including phenoxy) is 1. The highest BCUT2D eigenvalue weighted by Crippen LogP contribution is 2.26. The summed E-state index contributed by atoms with van der Waals surface area (Å²) in [7, 11) is -1.79. The fourth-order valence-electron chi connectivity index (χ4n) is 1.63. The van der Waals surface area contributed by atoms with Gasteiger partial charge in [0.1, 0.15) is 21.6 Å². The summed E-state index contributed by atoms with van der Waals surface area (Å²) < 4.78 is 29.0. The largest absolute Gasteiger partial charge is 0.493 e. The van der Waals surface area contributed by atoms with Gasteiger partial charge in [-0.1, -0.05) is 6.92 Å². The van der Waals surface area contributed by atoms with E-state index in [9.17, 15) is 13.5 Å². The number of methoxy groups -OCH3 is 1. The van der Waals surface area contributed by atoms with Crippen LogP contribution in [0.5, 0.6) is 5.75 Å². The minimum Gasteiger partial charge on any atom is -0.493 e. The molecule has 17 heavy (non-hydrogen) atoms. The van der Waals surface area contributed by atoms with E-state index in [4.69, 9.17) is 4.74 Å². The van der Waals surface area contributed by atoms with Gasteiger partial charge in [-0.25, -0.2) is 8.42 Å². The summed E-state index contributed by atoms with van der Waals surface area (Å²) in [4.78, 5) is 0. The zero-order valence-electron chi connectivity index (χ0n) is 10.3. The van der Waals surface area contributed by atoms with Crippen molar-refractivity contribution in [1.29, 1.82) is 0 Å². The molecule has 6 nitrogen and oxygen atoms in total. The van der Waals surface area contributed by atoms with Gasteiger partial charge in [-0.15, -0.1) is 0 Å². The Morgan fingerprint density at radius 2 is 2.24 bits per heavy atom. The van der Waals surface area contributed by atoms with Gasteiger partial charge in [-0.3, -0.25) is 4.68 Å². The van der Waals surface area contributed by atoms with Gasteiger partial charge in [0, 0.05) is 12.8 Å². The zero-order chi connectivity index (χ0) is 13.1. The molecule has 1 N–H and O–H groups in total. The van der Waals surface area contributed by atoms with Gasteiger partial charge >= 0.3 is 0 Å². The second kappa shape index (κ2) is 5.50. The summed E-state index contributed by atoms with van der Waals surface area (Å²) in [6, 6.07) is 0. The number of sulfone groups is 1. The van der Waals surface area contributed by atoms with Crippen LogP contribution in [0, 0.1) is 0 Å². The lowest BCUT2D eigenvalue weighted by molar-refractivity contribution is 0.184. The van der Waals surface area contributed by atoms with E-state index in [2.05, 4.69) is 5.10 Å².